The van der Waals surface area contributed by atoms with Crippen LogP contribution in [0.4, 0.5) is 0 Å². The van der Waals surface area contributed by atoms with Gasteiger partial charge in [0.2, 0.25) is 0 Å². The predicted molar refractivity (Wildman–Crippen MR) is 100 cm³/mol. The van der Waals surface area contributed by atoms with E-state index in [1.807, 2.05) is 6.20 Å². The zero-order valence-corrected chi connectivity index (χ0v) is 14.8. The molecule has 128 valence electrons. The molecule has 0 spiro atoms. The second-order valence-corrected chi connectivity index (χ2v) is 6.80. The lowest BCUT2D eigenvalue weighted by molar-refractivity contribution is 0.556. The Morgan fingerprint density at radius 2 is 1.39 bits per heavy atom. The Labute approximate surface area is 142 Å². The van der Waals surface area contributed by atoms with Crippen LogP contribution in [-0.2, 0) is 6.42 Å². The summed E-state index contributed by atoms with van der Waals surface area (Å²) in [6.07, 6.45) is 19.4. The van der Waals surface area contributed by atoms with E-state index in [9.17, 15) is 0 Å². The van der Waals surface area contributed by atoms with E-state index in [0.29, 0.717) is 6.04 Å². The average molecular weight is 315 g/mol. The SMILES string of the molecule is CCCCCCCCCCCCc1ccc(C2C=CNN2)cc1. The number of hydrogen-bond donors (Lipinski definition) is 2. The van der Waals surface area contributed by atoms with Crippen LogP contribution in [0.15, 0.2) is 36.5 Å². The minimum Gasteiger partial charge on any atom is -0.328 e. The monoisotopic (exact) mass is 314 g/mol. The summed E-state index contributed by atoms with van der Waals surface area (Å²) in [5, 5.41) is 0. The molecule has 2 heteroatoms. The van der Waals surface area contributed by atoms with Crippen molar-refractivity contribution in [2.24, 2.45) is 0 Å². The Balaban J connectivity index is 1.49. The first-order valence-electron chi connectivity index (χ1n) is 9.66. The summed E-state index contributed by atoms with van der Waals surface area (Å²) in [6.45, 7) is 2.29. The fraction of sp³-hybridized carbons (Fsp3) is 0.619. The van der Waals surface area contributed by atoms with Crippen molar-refractivity contribution in [1.29, 1.82) is 0 Å². The highest BCUT2D eigenvalue weighted by molar-refractivity contribution is 5.28. The molecule has 1 aromatic carbocycles. The van der Waals surface area contributed by atoms with E-state index < -0.39 is 0 Å². The van der Waals surface area contributed by atoms with E-state index in [0.717, 1.165) is 0 Å². The predicted octanol–water partition coefficient (Wildman–Crippen LogP) is 5.81. The third-order valence-electron chi connectivity index (χ3n) is 4.77. The largest absolute Gasteiger partial charge is 0.328 e. The summed E-state index contributed by atoms with van der Waals surface area (Å²) < 4.78 is 0. The Morgan fingerprint density at radius 1 is 0.783 bits per heavy atom. The molecule has 2 rings (SSSR count). The molecule has 1 aliphatic heterocycles. The van der Waals surface area contributed by atoms with Gasteiger partial charge in [-0.1, -0.05) is 89.0 Å². The smallest absolute Gasteiger partial charge is 0.0707 e. The van der Waals surface area contributed by atoms with Gasteiger partial charge in [0.25, 0.3) is 0 Å². The zero-order chi connectivity index (χ0) is 16.2. The first-order chi connectivity index (χ1) is 11.4. The van der Waals surface area contributed by atoms with Gasteiger partial charge in [-0.25, -0.2) is 5.43 Å². The van der Waals surface area contributed by atoms with Crippen LogP contribution < -0.4 is 10.9 Å². The molecule has 2 nitrogen and oxygen atoms in total. The minimum absolute atomic E-state index is 0.321. The highest BCUT2D eigenvalue weighted by atomic mass is 15.4. The third-order valence-corrected chi connectivity index (χ3v) is 4.77. The highest BCUT2D eigenvalue weighted by Gasteiger charge is 2.09. The molecule has 0 radical (unpaired) electrons. The van der Waals surface area contributed by atoms with E-state index >= 15 is 0 Å². The molecule has 1 atom stereocenters. The minimum atomic E-state index is 0.321. The van der Waals surface area contributed by atoms with Crippen LogP contribution in [0, 0.1) is 0 Å². The summed E-state index contributed by atoms with van der Waals surface area (Å²) >= 11 is 0. The Bertz CT molecular complexity index is 436. The van der Waals surface area contributed by atoms with Crippen LogP contribution in [0.25, 0.3) is 0 Å². The molecule has 1 aliphatic rings. The van der Waals surface area contributed by atoms with Crippen molar-refractivity contribution in [3.05, 3.63) is 47.7 Å². The first kappa shape index (κ1) is 18.1. The number of benzene rings is 1. The molecule has 0 aliphatic carbocycles. The van der Waals surface area contributed by atoms with E-state index in [-0.39, 0.29) is 0 Å². The third kappa shape index (κ3) is 7.22. The summed E-state index contributed by atoms with van der Waals surface area (Å²) in [6, 6.07) is 9.40. The maximum Gasteiger partial charge on any atom is 0.0707 e. The molecule has 0 amide bonds. The number of rotatable bonds is 12. The average Bonchev–Trinajstić information content (AvgIpc) is 3.12. The quantitative estimate of drug-likeness (QED) is 0.475. The molecule has 0 fully saturated rings. The standard InChI is InChI=1S/C21H34N2/c1-2-3-4-5-6-7-8-9-10-11-12-19-13-15-20(16-14-19)21-17-18-22-23-21/h13-18,21-23H,2-12H2,1H3. The lowest BCUT2D eigenvalue weighted by Crippen LogP contribution is -2.24. The van der Waals surface area contributed by atoms with Crippen LogP contribution in [0.3, 0.4) is 0 Å². The van der Waals surface area contributed by atoms with E-state index in [1.54, 1.807) is 0 Å². The highest BCUT2D eigenvalue weighted by Crippen LogP contribution is 2.18. The molecule has 1 heterocycles. The molecule has 0 saturated heterocycles. The van der Waals surface area contributed by atoms with E-state index in [4.69, 9.17) is 0 Å². The summed E-state index contributed by atoms with van der Waals surface area (Å²) in [7, 11) is 0. The molecule has 1 aromatic rings. The van der Waals surface area contributed by atoms with Crippen LogP contribution in [0.5, 0.6) is 0 Å². The second-order valence-electron chi connectivity index (χ2n) is 6.80. The van der Waals surface area contributed by atoms with Gasteiger partial charge in [-0.2, -0.15) is 0 Å². The van der Waals surface area contributed by atoms with Gasteiger partial charge in [0.15, 0.2) is 0 Å². The maximum atomic E-state index is 3.22. The van der Waals surface area contributed by atoms with Gasteiger partial charge in [0.05, 0.1) is 6.04 Å². The van der Waals surface area contributed by atoms with Gasteiger partial charge in [-0.3, -0.25) is 0 Å². The van der Waals surface area contributed by atoms with Crippen molar-refractivity contribution in [2.75, 3.05) is 0 Å². The summed E-state index contributed by atoms with van der Waals surface area (Å²) in [5.74, 6) is 0. The van der Waals surface area contributed by atoms with Gasteiger partial charge in [0.1, 0.15) is 0 Å². The maximum absolute atomic E-state index is 3.22. The molecule has 23 heavy (non-hydrogen) atoms. The lowest BCUT2D eigenvalue weighted by Gasteiger charge is -2.10. The Morgan fingerprint density at radius 3 is 1.96 bits per heavy atom. The molecule has 2 N–H and O–H groups in total. The van der Waals surface area contributed by atoms with Crippen LogP contribution in [0.2, 0.25) is 0 Å². The number of hydrazine groups is 1. The summed E-state index contributed by atoms with van der Waals surface area (Å²) in [4.78, 5) is 0. The van der Waals surface area contributed by atoms with Crippen molar-refractivity contribution in [2.45, 2.75) is 83.6 Å². The molecule has 0 aromatic heterocycles. The van der Waals surface area contributed by atoms with Crippen molar-refractivity contribution in [3.63, 3.8) is 0 Å². The van der Waals surface area contributed by atoms with E-state index in [1.165, 1.54) is 81.8 Å². The topological polar surface area (TPSA) is 24.1 Å². The number of aryl methyl sites for hydroxylation is 1. The summed E-state index contributed by atoms with van der Waals surface area (Å²) in [5.41, 5.74) is 9.05. The second kappa shape index (κ2) is 11.3. The van der Waals surface area contributed by atoms with Gasteiger partial charge >= 0.3 is 0 Å². The van der Waals surface area contributed by atoms with Crippen molar-refractivity contribution >= 4 is 0 Å². The molecular weight excluding hydrogens is 280 g/mol. The number of nitrogens with one attached hydrogen (secondary N) is 2. The van der Waals surface area contributed by atoms with Crippen molar-refractivity contribution in [3.8, 4) is 0 Å². The van der Waals surface area contributed by atoms with Crippen molar-refractivity contribution < 1.29 is 0 Å². The Kier molecular flexibility index (Phi) is 8.86. The number of hydrogen-bond acceptors (Lipinski definition) is 2. The van der Waals surface area contributed by atoms with Crippen LogP contribution >= 0.6 is 0 Å². The van der Waals surface area contributed by atoms with E-state index in [2.05, 4.69) is 48.1 Å². The van der Waals surface area contributed by atoms with Crippen LogP contribution in [-0.4, -0.2) is 0 Å². The Hall–Kier alpha value is -1.28. The number of unbranched alkanes of at least 4 members (excludes halogenated alkanes) is 9. The first-order valence-corrected chi connectivity index (χ1v) is 9.66. The van der Waals surface area contributed by atoms with Crippen molar-refractivity contribution in [1.82, 2.24) is 10.9 Å². The van der Waals surface area contributed by atoms with Gasteiger partial charge in [-0.15, -0.1) is 0 Å². The van der Waals surface area contributed by atoms with Gasteiger partial charge < -0.3 is 5.43 Å². The lowest BCUT2D eigenvalue weighted by atomic mass is 10.0. The fourth-order valence-corrected chi connectivity index (χ4v) is 3.23. The zero-order valence-electron chi connectivity index (χ0n) is 14.8. The van der Waals surface area contributed by atoms with Gasteiger partial charge in [-0.05, 0) is 30.0 Å². The fourth-order valence-electron chi connectivity index (χ4n) is 3.23. The van der Waals surface area contributed by atoms with Gasteiger partial charge in [0, 0.05) is 6.20 Å². The molecule has 0 bridgehead atoms. The van der Waals surface area contributed by atoms with Crippen LogP contribution in [0.1, 0.15) is 88.3 Å². The molecular formula is C21H34N2. The molecule has 0 saturated carbocycles. The molecule has 1 unspecified atom stereocenters. The normalized spacial score (nSPS) is 16.7.